The van der Waals surface area contributed by atoms with Gasteiger partial charge in [-0.1, -0.05) is 18.2 Å². The van der Waals surface area contributed by atoms with E-state index in [2.05, 4.69) is 42.4 Å². The van der Waals surface area contributed by atoms with Crippen molar-refractivity contribution in [1.82, 2.24) is 19.7 Å². The Balaban J connectivity index is 1.95. The van der Waals surface area contributed by atoms with E-state index in [1.165, 1.54) is 0 Å². The molecule has 22 heavy (non-hydrogen) atoms. The third kappa shape index (κ3) is 2.37. The fraction of sp³-hybridized carbons (Fsp3) is 0.200. The summed E-state index contributed by atoms with van der Waals surface area (Å²) in [5.41, 5.74) is 6.12. The number of nitrogens with one attached hydrogen (secondary N) is 2. The van der Waals surface area contributed by atoms with Gasteiger partial charge < -0.3 is 4.57 Å². The SMILES string of the molecule is Cc1n[nH]c(=O)nc1N/N=C/c1c(C)n(C)c2ccccc12. The monoisotopic (exact) mass is 296 g/mol. The summed E-state index contributed by atoms with van der Waals surface area (Å²) in [6.07, 6.45) is 1.74. The van der Waals surface area contributed by atoms with Crippen molar-refractivity contribution in [3.8, 4) is 0 Å². The van der Waals surface area contributed by atoms with Crippen molar-refractivity contribution in [3.63, 3.8) is 0 Å². The van der Waals surface area contributed by atoms with E-state index in [0.29, 0.717) is 11.5 Å². The van der Waals surface area contributed by atoms with Crippen LogP contribution >= 0.6 is 0 Å². The summed E-state index contributed by atoms with van der Waals surface area (Å²) >= 11 is 0. The maximum Gasteiger partial charge on any atom is 0.363 e. The van der Waals surface area contributed by atoms with Gasteiger partial charge in [-0.2, -0.15) is 15.2 Å². The Hall–Kier alpha value is -2.96. The summed E-state index contributed by atoms with van der Waals surface area (Å²) in [6.45, 7) is 3.78. The number of aromatic nitrogens is 4. The van der Waals surface area contributed by atoms with Crippen LogP contribution in [0.5, 0.6) is 0 Å². The van der Waals surface area contributed by atoms with E-state index in [4.69, 9.17) is 0 Å². The predicted octanol–water partition coefficient (Wildman–Crippen LogP) is 1.72. The van der Waals surface area contributed by atoms with Gasteiger partial charge >= 0.3 is 5.69 Å². The van der Waals surface area contributed by atoms with Crippen LogP contribution in [0.1, 0.15) is 17.0 Å². The fourth-order valence-corrected chi connectivity index (χ4v) is 2.37. The van der Waals surface area contributed by atoms with E-state index in [9.17, 15) is 4.79 Å². The number of hydrogen-bond donors (Lipinski definition) is 2. The molecule has 0 amide bonds. The standard InChI is InChI=1S/C15H16N6O/c1-9-14(17-15(22)20-18-9)19-16-8-12-10(2)21(3)13-7-5-4-6-11(12)13/h4-8H,1-3H3,(H2,17,19,20,22)/b16-8+. The highest BCUT2D eigenvalue weighted by Crippen LogP contribution is 2.23. The van der Waals surface area contributed by atoms with Gasteiger partial charge in [-0.3, -0.25) is 5.43 Å². The maximum absolute atomic E-state index is 11.2. The topological polar surface area (TPSA) is 88.0 Å². The molecule has 112 valence electrons. The summed E-state index contributed by atoms with van der Waals surface area (Å²) in [5.74, 6) is 0.345. The van der Waals surface area contributed by atoms with Crippen molar-refractivity contribution < 1.29 is 0 Å². The van der Waals surface area contributed by atoms with Crippen LogP contribution in [0, 0.1) is 13.8 Å². The van der Waals surface area contributed by atoms with Crippen molar-refractivity contribution in [3.05, 3.63) is 51.7 Å². The average Bonchev–Trinajstić information content (AvgIpc) is 2.76. The molecule has 2 heterocycles. The number of hydrogen-bond acceptors (Lipinski definition) is 5. The summed E-state index contributed by atoms with van der Waals surface area (Å²) in [6, 6.07) is 8.14. The first-order valence-electron chi connectivity index (χ1n) is 6.84. The smallest absolute Gasteiger partial charge is 0.347 e. The zero-order chi connectivity index (χ0) is 15.7. The van der Waals surface area contributed by atoms with Gasteiger partial charge in [0.2, 0.25) is 0 Å². The van der Waals surface area contributed by atoms with Gasteiger partial charge in [0.1, 0.15) is 5.69 Å². The van der Waals surface area contributed by atoms with Crippen molar-refractivity contribution in [2.24, 2.45) is 12.1 Å². The minimum atomic E-state index is -0.510. The van der Waals surface area contributed by atoms with E-state index in [0.717, 1.165) is 22.2 Å². The Labute approximate surface area is 126 Å². The molecule has 7 heteroatoms. The Morgan fingerprint density at radius 2 is 2.09 bits per heavy atom. The molecule has 0 aliphatic rings. The second-order valence-electron chi connectivity index (χ2n) is 5.02. The highest BCUT2D eigenvalue weighted by molar-refractivity contribution is 6.01. The van der Waals surface area contributed by atoms with Crippen LogP contribution in [-0.2, 0) is 7.05 Å². The molecule has 0 saturated heterocycles. The molecule has 0 aliphatic carbocycles. The summed E-state index contributed by atoms with van der Waals surface area (Å²) in [7, 11) is 2.02. The largest absolute Gasteiger partial charge is 0.363 e. The van der Waals surface area contributed by atoms with Crippen LogP contribution in [-0.4, -0.2) is 26.0 Å². The molecule has 0 aliphatic heterocycles. The molecule has 3 rings (SSSR count). The van der Waals surface area contributed by atoms with Crippen molar-refractivity contribution in [2.75, 3.05) is 5.43 Å². The van der Waals surface area contributed by atoms with Crippen molar-refractivity contribution in [1.29, 1.82) is 0 Å². The molecule has 2 aromatic heterocycles. The van der Waals surface area contributed by atoms with Gasteiger partial charge in [0, 0.05) is 29.2 Å². The Kier molecular flexibility index (Phi) is 3.46. The number of rotatable bonds is 3. The van der Waals surface area contributed by atoms with E-state index < -0.39 is 5.69 Å². The quantitative estimate of drug-likeness (QED) is 0.569. The molecule has 0 bridgehead atoms. The maximum atomic E-state index is 11.2. The number of nitrogens with zero attached hydrogens (tertiary/aromatic N) is 4. The lowest BCUT2D eigenvalue weighted by Crippen LogP contribution is -2.15. The summed E-state index contributed by atoms with van der Waals surface area (Å²) in [4.78, 5) is 15.0. The third-order valence-corrected chi connectivity index (χ3v) is 3.69. The van der Waals surface area contributed by atoms with Crippen LogP contribution in [0.2, 0.25) is 0 Å². The molecule has 1 aromatic carbocycles. The summed E-state index contributed by atoms with van der Waals surface area (Å²) < 4.78 is 2.12. The first-order valence-corrected chi connectivity index (χ1v) is 6.84. The van der Waals surface area contributed by atoms with Crippen LogP contribution < -0.4 is 11.1 Å². The van der Waals surface area contributed by atoms with Crippen LogP contribution in [0.15, 0.2) is 34.2 Å². The molecular weight excluding hydrogens is 280 g/mol. The Morgan fingerprint density at radius 3 is 2.91 bits per heavy atom. The van der Waals surface area contributed by atoms with Crippen molar-refractivity contribution >= 4 is 22.9 Å². The number of aromatic amines is 1. The van der Waals surface area contributed by atoms with Crippen molar-refractivity contribution in [2.45, 2.75) is 13.8 Å². The molecule has 3 aromatic rings. The molecule has 0 fully saturated rings. The minimum Gasteiger partial charge on any atom is -0.347 e. The van der Waals surface area contributed by atoms with Gasteiger partial charge in [0.25, 0.3) is 0 Å². The zero-order valence-electron chi connectivity index (χ0n) is 12.6. The first kappa shape index (κ1) is 14.0. The van der Waals surface area contributed by atoms with E-state index >= 15 is 0 Å². The van der Waals surface area contributed by atoms with Crippen LogP contribution in [0.25, 0.3) is 10.9 Å². The number of H-pyrrole nitrogens is 1. The lowest BCUT2D eigenvalue weighted by Gasteiger charge is -2.01. The van der Waals surface area contributed by atoms with Crippen LogP contribution in [0.3, 0.4) is 0 Å². The van der Waals surface area contributed by atoms with Gasteiger partial charge in [-0.05, 0) is 19.9 Å². The van der Waals surface area contributed by atoms with Crippen LogP contribution in [0.4, 0.5) is 5.82 Å². The van der Waals surface area contributed by atoms with Gasteiger partial charge in [-0.25, -0.2) is 9.89 Å². The lowest BCUT2D eigenvalue weighted by atomic mass is 10.1. The fourth-order valence-electron chi connectivity index (χ4n) is 2.37. The van der Waals surface area contributed by atoms with Gasteiger partial charge in [0.05, 0.1) is 6.21 Å². The summed E-state index contributed by atoms with van der Waals surface area (Å²) in [5, 5.41) is 11.4. The normalized spacial score (nSPS) is 11.4. The minimum absolute atomic E-state index is 0.345. The second-order valence-corrected chi connectivity index (χ2v) is 5.02. The van der Waals surface area contributed by atoms with Gasteiger partial charge in [-0.15, -0.1) is 0 Å². The number of para-hydroxylation sites is 1. The van der Waals surface area contributed by atoms with E-state index in [1.54, 1.807) is 13.1 Å². The molecule has 2 N–H and O–H groups in total. The first-order chi connectivity index (χ1) is 10.6. The molecule has 0 saturated carbocycles. The number of aryl methyl sites for hydroxylation is 2. The van der Waals surface area contributed by atoms with Gasteiger partial charge in [0.15, 0.2) is 5.82 Å². The number of hydrazone groups is 1. The molecular formula is C15H16N6O. The molecule has 0 unspecified atom stereocenters. The highest BCUT2D eigenvalue weighted by Gasteiger charge is 2.09. The number of fused-ring (bicyclic) bond motifs is 1. The number of benzene rings is 1. The molecule has 7 nitrogen and oxygen atoms in total. The van der Waals surface area contributed by atoms with E-state index in [-0.39, 0.29) is 0 Å². The Bertz CT molecular complexity index is 921. The molecule has 0 atom stereocenters. The average molecular weight is 296 g/mol. The third-order valence-electron chi connectivity index (χ3n) is 3.69. The predicted molar refractivity (Wildman–Crippen MR) is 86.3 cm³/mol. The Morgan fingerprint density at radius 1 is 1.32 bits per heavy atom. The molecule has 0 radical (unpaired) electrons. The molecule has 0 spiro atoms. The highest BCUT2D eigenvalue weighted by atomic mass is 16.1. The zero-order valence-corrected chi connectivity index (χ0v) is 12.6. The second kappa shape index (κ2) is 5.44. The van der Waals surface area contributed by atoms with E-state index in [1.807, 2.05) is 26.1 Å². The lowest BCUT2D eigenvalue weighted by molar-refractivity contribution is 0.879. The number of anilines is 1.